The molecule has 116 valence electrons. The second kappa shape index (κ2) is 8.10. The van der Waals surface area contributed by atoms with E-state index in [-0.39, 0.29) is 5.91 Å². The number of pyridine rings is 1. The van der Waals surface area contributed by atoms with Crippen LogP contribution in [-0.2, 0) is 11.3 Å². The zero-order chi connectivity index (χ0) is 15.1. The van der Waals surface area contributed by atoms with Crippen LogP contribution in [0.5, 0.6) is 0 Å². The van der Waals surface area contributed by atoms with Gasteiger partial charge < -0.3 is 10.2 Å². The summed E-state index contributed by atoms with van der Waals surface area (Å²) >= 11 is 0. The van der Waals surface area contributed by atoms with Gasteiger partial charge in [0.2, 0.25) is 5.91 Å². The van der Waals surface area contributed by atoms with E-state index in [4.69, 9.17) is 0 Å². The number of amides is 1. The lowest BCUT2D eigenvalue weighted by molar-refractivity contribution is -0.132. The van der Waals surface area contributed by atoms with Gasteiger partial charge in [-0.15, -0.1) is 0 Å². The second-order valence-electron chi connectivity index (χ2n) is 5.71. The third-order valence-corrected chi connectivity index (χ3v) is 4.07. The molecule has 1 unspecified atom stereocenters. The van der Waals surface area contributed by atoms with Gasteiger partial charge in [-0.3, -0.25) is 14.7 Å². The Kier molecular flexibility index (Phi) is 6.14. The highest BCUT2D eigenvalue weighted by Gasteiger charge is 2.21. The zero-order valence-corrected chi connectivity index (χ0v) is 13.1. The molecule has 1 aliphatic heterocycles. The minimum absolute atomic E-state index is 0.219. The first-order chi connectivity index (χ1) is 10.2. The monoisotopic (exact) mass is 290 g/mol. The minimum Gasteiger partial charge on any atom is -0.339 e. The van der Waals surface area contributed by atoms with E-state index in [1.807, 2.05) is 17.2 Å². The molecule has 21 heavy (non-hydrogen) atoms. The first-order valence-electron chi connectivity index (χ1n) is 7.81. The summed E-state index contributed by atoms with van der Waals surface area (Å²) in [6, 6.07) is 4.47. The van der Waals surface area contributed by atoms with Crippen LogP contribution in [0.15, 0.2) is 24.5 Å². The van der Waals surface area contributed by atoms with Crippen LogP contribution in [0.2, 0.25) is 0 Å². The van der Waals surface area contributed by atoms with Crippen molar-refractivity contribution in [1.29, 1.82) is 0 Å². The number of carbonyl (C=O) groups is 1. The largest absolute Gasteiger partial charge is 0.339 e. The smallest absolute Gasteiger partial charge is 0.236 e. The summed E-state index contributed by atoms with van der Waals surface area (Å²) in [5.74, 6) is 0.219. The number of hydrogen-bond donors (Lipinski definition) is 1. The number of hydrogen-bond acceptors (Lipinski definition) is 4. The lowest BCUT2D eigenvalue weighted by Crippen LogP contribution is -2.51. The minimum atomic E-state index is 0.219. The van der Waals surface area contributed by atoms with Gasteiger partial charge >= 0.3 is 0 Å². The molecule has 0 bridgehead atoms. The Labute approximate surface area is 127 Å². The molecule has 5 nitrogen and oxygen atoms in total. The number of carbonyl (C=O) groups excluding carboxylic acids is 1. The highest BCUT2D eigenvalue weighted by molar-refractivity contribution is 5.78. The number of nitrogens with zero attached hydrogens (tertiary/aromatic N) is 3. The van der Waals surface area contributed by atoms with Crippen LogP contribution in [0.3, 0.4) is 0 Å². The molecule has 1 atom stereocenters. The van der Waals surface area contributed by atoms with Crippen molar-refractivity contribution >= 4 is 5.91 Å². The molecule has 2 rings (SSSR count). The summed E-state index contributed by atoms with van der Waals surface area (Å²) in [5, 5.41) is 3.27. The molecule has 1 fully saturated rings. The SMILES string of the molecule is CCC(C)NCC(=O)N1CCN(Cc2cccnc2)CC1. The topological polar surface area (TPSA) is 48.5 Å². The highest BCUT2D eigenvalue weighted by atomic mass is 16.2. The average molecular weight is 290 g/mol. The summed E-state index contributed by atoms with van der Waals surface area (Å²) in [4.78, 5) is 20.6. The van der Waals surface area contributed by atoms with Crippen molar-refractivity contribution < 1.29 is 4.79 Å². The van der Waals surface area contributed by atoms with Crippen molar-refractivity contribution in [2.75, 3.05) is 32.7 Å². The average Bonchev–Trinajstić information content (AvgIpc) is 2.54. The predicted molar refractivity (Wildman–Crippen MR) is 83.8 cm³/mol. The molecule has 5 heteroatoms. The Morgan fingerprint density at radius 3 is 2.76 bits per heavy atom. The van der Waals surface area contributed by atoms with Gasteiger partial charge in [-0.25, -0.2) is 0 Å². The van der Waals surface area contributed by atoms with Crippen molar-refractivity contribution in [2.45, 2.75) is 32.9 Å². The quantitative estimate of drug-likeness (QED) is 0.853. The third kappa shape index (κ3) is 5.10. The van der Waals surface area contributed by atoms with Gasteiger partial charge in [0.1, 0.15) is 0 Å². The summed E-state index contributed by atoms with van der Waals surface area (Å²) in [6.45, 7) is 9.12. The van der Waals surface area contributed by atoms with Crippen LogP contribution in [0, 0.1) is 0 Å². The van der Waals surface area contributed by atoms with Gasteiger partial charge in [-0.1, -0.05) is 13.0 Å². The van der Waals surface area contributed by atoms with Crippen molar-refractivity contribution in [3.05, 3.63) is 30.1 Å². The normalized spacial score (nSPS) is 17.7. The molecule has 1 aromatic rings. The van der Waals surface area contributed by atoms with Crippen LogP contribution >= 0.6 is 0 Å². The van der Waals surface area contributed by atoms with Gasteiger partial charge in [-0.05, 0) is 25.0 Å². The third-order valence-electron chi connectivity index (χ3n) is 4.07. The Bertz CT molecular complexity index is 429. The highest BCUT2D eigenvalue weighted by Crippen LogP contribution is 2.07. The molecule has 0 aromatic carbocycles. The van der Waals surface area contributed by atoms with Gasteiger partial charge in [-0.2, -0.15) is 0 Å². The fourth-order valence-electron chi connectivity index (χ4n) is 2.42. The zero-order valence-electron chi connectivity index (χ0n) is 13.1. The Morgan fingerprint density at radius 2 is 2.14 bits per heavy atom. The molecular formula is C16H26N4O. The van der Waals surface area contributed by atoms with Crippen LogP contribution in [0.4, 0.5) is 0 Å². The molecule has 0 radical (unpaired) electrons. The molecule has 1 amide bonds. The summed E-state index contributed by atoms with van der Waals surface area (Å²) in [6.07, 6.45) is 4.75. The number of rotatable bonds is 6. The van der Waals surface area contributed by atoms with E-state index in [0.29, 0.717) is 12.6 Å². The Morgan fingerprint density at radius 1 is 1.38 bits per heavy atom. The van der Waals surface area contributed by atoms with Crippen LogP contribution < -0.4 is 5.32 Å². The van der Waals surface area contributed by atoms with E-state index in [9.17, 15) is 4.79 Å². The number of aromatic nitrogens is 1. The number of piperazine rings is 1. The van der Waals surface area contributed by atoms with Crippen molar-refractivity contribution in [3.63, 3.8) is 0 Å². The van der Waals surface area contributed by atoms with Gasteiger partial charge in [0.25, 0.3) is 0 Å². The molecule has 0 spiro atoms. The summed E-state index contributed by atoms with van der Waals surface area (Å²) in [7, 11) is 0. The van der Waals surface area contributed by atoms with Gasteiger partial charge in [0, 0.05) is 51.2 Å². The Hall–Kier alpha value is -1.46. The van der Waals surface area contributed by atoms with Gasteiger partial charge in [0.05, 0.1) is 6.54 Å². The predicted octanol–water partition coefficient (Wildman–Crippen LogP) is 1.11. The molecule has 1 aliphatic rings. The number of nitrogens with one attached hydrogen (secondary N) is 1. The van der Waals surface area contributed by atoms with E-state index in [2.05, 4.69) is 35.1 Å². The molecule has 2 heterocycles. The lowest BCUT2D eigenvalue weighted by Gasteiger charge is -2.35. The lowest BCUT2D eigenvalue weighted by atomic mass is 10.2. The van der Waals surface area contributed by atoms with E-state index < -0.39 is 0 Å². The van der Waals surface area contributed by atoms with Crippen LogP contribution in [0.1, 0.15) is 25.8 Å². The second-order valence-corrected chi connectivity index (χ2v) is 5.71. The summed E-state index contributed by atoms with van der Waals surface area (Å²) in [5.41, 5.74) is 1.23. The standard InChI is InChI=1S/C16H26N4O/c1-3-14(2)18-12-16(21)20-9-7-19(8-10-20)13-15-5-4-6-17-11-15/h4-6,11,14,18H,3,7-10,12-13H2,1-2H3. The molecule has 0 aliphatic carbocycles. The molecule has 1 saturated heterocycles. The maximum atomic E-state index is 12.1. The molecule has 0 saturated carbocycles. The Balaban J connectivity index is 1.71. The fraction of sp³-hybridized carbons (Fsp3) is 0.625. The van der Waals surface area contributed by atoms with Crippen LogP contribution in [0.25, 0.3) is 0 Å². The first-order valence-corrected chi connectivity index (χ1v) is 7.81. The molecule has 1 aromatic heterocycles. The van der Waals surface area contributed by atoms with Gasteiger partial charge in [0.15, 0.2) is 0 Å². The van der Waals surface area contributed by atoms with Crippen molar-refractivity contribution in [2.24, 2.45) is 0 Å². The van der Waals surface area contributed by atoms with E-state index in [1.54, 1.807) is 6.20 Å². The van der Waals surface area contributed by atoms with Crippen LogP contribution in [-0.4, -0.2) is 59.5 Å². The van der Waals surface area contributed by atoms with Crippen molar-refractivity contribution in [3.8, 4) is 0 Å². The maximum Gasteiger partial charge on any atom is 0.236 e. The maximum absolute atomic E-state index is 12.1. The molecule has 1 N–H and O–H groups in total. The van der Waals surface area contributed by atoms with E-state index in [1.165, 1.54) is 5.56 Å². The van der Waals surface area contributed by atoms with E-state index >= 15 is 0 Å². The first kappa shape index (κ1) is 15.9. The molecular weight excluding hydrogens is 264 g/mol. The summed E-state index contributed by atoms with van der Waals surface area (Å²) < 4.78 is 0. The van der Waals surface area contributed by atoms with Crippen molar-refractivity contribution in [1.82, 2.24) is 20.1 Å². The van der Waals surface area contributed by atoms with E-state index in [0.717, 1.165) is 39.1 Å². The fourth-order valence-corrected chi connectivity index (χ4v) is 2.42.